The zero-order chi connectivity index (χ0) is 20.0. The van der Waals surface area contributed by atoms with E-state index in [2.05, 4.69) is 39.2 Å². The summed E-state index contributed by atoms with van der Waals surface area (Å²) in [5.41, 5.74) is 3.06. The second-order valence-electron chi connectivity index (χ2n) is 6.57. The molecule has 0 saturated carbocycles. The number of hydrogen-bond donors (Lipinski definition) is 1. The van der Waals surface area contributed by atoms with E-state index in [1.165, 1.54) is 16.2 Å². The maximum Gasteiger partial charge on any atom is 0.258 e. The monoisotopic (exact) mass is 479 g/mol. The van der Waals surface area contributed by atoms with Gasteiger partial charge in [-0.3, -0.25) is 10.1 Å². The molecule has 5 aromatic rings. The van der Waals surface area contributed by atoms with Gasteiger partial charge in [0.25, 0.3) is 5.91 Å². The van der Waals surface area contributed by atoms with Crippen molar-refractivity contribution in [2.45, 2.75) is 6.92 Å². The number of halogens is 1. The summed E-state index contributed by atoms with van der Waals surface area (Å²) >= 11 is 6.60. The van der Waals surface area contributed by atoms with Gasteiger partial charge in [-0.05, 0) is 49.4 Å². The minimum atomic E-state index is -0.184. The molecule has 0 aliphatic carbocycles. The topological polar surface area (TPSA) is 54.9 Å². The number of carbonyl (C=O) groups excluding carboxylic acids is 1. The molecule has 1 N–H and O–H groups in total. The molecule has 0 fully saturated rings. The van der Waals surface area contributed by atoms with Crippen LogP contribution >= 0.6 is 38.6 Å². The number of nitrogens with one attached hydrogen (secondary N) is 1. The maximum atomic E-state index is 13.2. The number of benzene rings is 2. The molecule has 142 valence electrons. The van der Waals surface area contributed by atoms with Crippen LogP contribution < -0.4 is 5.32 Å². The Hall–Kier alpha value is -2.61. The third kappa shape index (κ3) is 3.57. The molecular weight excluding hydrogens is 466 g/mol. The SMILES string of the molecule is Cc1ccc(-c2cc(C(=O)Nc3nc4ccc(Br)cc4s3)c3ccccc3n2)s1. The van der Waals surface area contributed by atoms with Gasteiger partial charge in [0, 0.05) is 14.7 Å². The van der Waals surface area contributed by atoms with Gasteiger partial charge in [0.2, 0.25) is 0 Å². The Labute approximate surface area is 183 Å². The fourth-order valence-electron chi connectivity index (χ4n) is 3.18. The molecular formula is C22H14BrN3OS2. The number of carbonyl (C=O) groups is 1. The molecule has 0 spiro atoms. The lowest BCUT2D eigenvalue weighted by Crippen LogP contribution is -2.12. The maximum absolute atomic E-state index is 13.2. The Kier molecular flexibility index (Phi) is 4.66. The first-order valence-electron chi connectivity index (χ1n) is 8.91. The number of amides is 1. The predicted octanol–water partition coefficient (Wildman–Crippen LogP) is 6.90. The first-order valence-corrected chi connectivity index (χ1v) is 11.3. The van der Waals surface area contributed by atoms with Crippen LogP contribution in [0.3, 0.4) is 0 Å². The highest BCUT2D eigenvalue weighted by Crippen LogP contribution is 2.32. The Morgan fingerprint density at radius 3 is 2.66 bits per heavy atom. The number of pyridine rings is 1. The number of thiophene rings is 1. The van der Waals surface area contributed by atoms with Crippen molar-refractivity contribution >= 4 is 70.8 Å². The van der Waals surface area contributed by atoms with Crippen LogP contribution in [0.1, 0.15) is 15.2 Å². The molecule has 4 nitrogen and oxygen atoms in total. The molecule has 5 rings (SSSR count). The number of hydrogen-bond acceptors (Lipinski definition) is 5. The minimum Gasteiger partial charge on any atom is -0.298 e. The van der Waals surface area contributed by atoms with E-state index in [-0.39, 0.29) is 5.91 Å². The van der Waals surface area contributed by atoms with Gasteiger partial charge in [-0.2, -0.15) is 0 Å². The number of fused-ring (bicyclic) bond motifs is 2. The van der Waals surface area contributed by atoms with Gasteiger partial charge < -0.3 is 0 Å². The van der Waals surface area contributed by atoms with Gasteiger partial charge in [-0.25, -0.2) is 9.97 Å². The Balaban J connectivity index is 1.57. The van der Waals surface area contributed by atoms with E-state index in [9.17, 15) is 4.79 Å². The Morgan fingerprint density at radius 1 is 0.966 bits per heavy atom. The van der Waals surface area contributed by atoms with E-state index in [0.717, 1.165) is 36.2 Å². The normalized spacial score (nSPS) is 11.2. The van der Waals surface area contributed by atoms with Crippen LogP contribution in [0.4, 0.5) is 5.13 Å². The summed E-state index contributed by atoms with van der Waals surface area (Å²) in [7, 11) is 0. The summed E-state index contributed by atoms with van der Waals surface area (Å²) in [6.07, 6.45) is 0. The zero-order valence-electron chi connectivity index (χ0n) is 15.3. The lowest BCUT2D eigenvalue weighted by molar-refractivity contribution is 0.102. The van der Waals surface area contributed by atoms with Crippen LogP contribution in [0.15, 0.2) is 65.1 Å². The summed E-state index contributed by atoms with van der Waals surface area (Å²) in [4.78, 5) is 24.7. The molecule has 7 heteroatoms. The molecule has 1 amide bonds. The first-order chi connectivity index (χ1) is 14.1. The van der Waals surface area contributed by atoms with Crippen molar-refractivity contribution in [3.8, 4) is 10.6 Å². The number of para-hydroxylation sites is 1. The van der Waals surface area contributed by atoms with Gasteiger partial charge >= 0.3 is 0 Å². The molecule has 3 heterocycles. The van der Waals surface area contributed by atoms with Gasteiger partial charge in [0.15, 0.2) is 5.13 Å². The summed E-state index contributed by atoms with van der Waals surface area (Å²) in [6.45, 7) is 2.06. The molecule has 0 atom stereocenters. The average molecular weight is 480 g/mol. The molecule has 2 aromatic carbocycles. The van der Waals surface area contributed by atoms with Crippen LogP contribution in [0.5, 0.6) is 0 Å². The predicted molar refractivity (Wildman–Crippen MR) is 125 cm³/mol. The standard InChI is InChI=1S/C22H14BrN3OS2/c1-12-6-9-19(28-12)18-11-15(14-4-2-3-5-16(14)24-18)21(27)26-22-25-17-8-7-13(23)10-20(17)29-22/h2-11H,1H3,(H,25,26,27). The van der Waals surface area contributed by atoms with Crippen LogP contribution in [0, 0.1) is 6.92 Å². The van der Waals surface area contributed by atoms with Crippen molar-refractivity contribution in [3.63, 3.8) is 0 Å². The number of rotatable bonds is 3. The van der Waals surface area contributed by atoms with Crippen molar-refractivity contribution in [3.05, 3.63) is 75.6 Å². The summed E-state index contributed by atoms with van der Waals surface area (Å²) in [5, 5.41) is 4.38. The largest absolute Gasteiger partial charge is 0.298 e. The van der Waals surface area contributed by atoms with E-state index in [1.54, 1.807) is 11.3 Å². The number of nitrogens with zero attached hydrogens (tertiary/aromatic N) is 2. The molecule has 0 unspecified atom stereocenters. The van der Waals surface area contributed by atoms with E-state index >= 15 is 0 Å². The molecule has 29 heavy (non-hydrogen) atoms. The van der Waals surface area contributed by atoms with E-state index in [0.29, 0.717) is 10.7 Å². The first kappa shape index (κ1) is 18.4. The molecule has 0 aliphatic rings. The number of anilines is 1. The zero-order valence-corrected chi connectivity index (χ0v) is 18.5. The number of aryl methyl sites for hydroxylation is 1. The molecule has 0 bridgehead atoms. The fraction of sp³-hybridized carbons (Fsp3) is 0.0455. The van der Waals surface area contributed by atoms with E-state index in [4.69, 9.17) is 4.98 Å². The van der Waals surface area contributed by atoms with Crippen molar-refractivity contribution in [2.24, 2.45) is 0 Å². The molecule has 0 saturated heterocycles. The second kappa shape index (κ2) is 7.33. The third-order valence-electron chi connectivity index (χ3n) is 4.52. The summed E-state index contributed by atoms with van der Waals surface area (Å²) < 4.78 is 2.01. The van der Waals surface area contributed by atoms with Crippen LogP contribution in [0.25, 0.3) is 31.7 Å². The smallest absolute Gasteiger partial charge is 0.258 e. The highest BCUT2D eigenvalue weighted by Gasteiger charge is 2.16. The quantitative estimate of drug-likeness (QED) is 0.306. The third-order valence-corrected chi connectivity index (χ3v) is 6.97. The van der Waals surface area contributed by atoms with Crippen LogP contribution in [0.2, 0.25) is 0 Å². The van der Waals surface area contributed by atoms with E-state index < -0.39 is 0 Å². The average Bonchev–Trinajstić information content (AvgIpc) is 3.32. The van der Waals surface area contributed by atoms with Crippen molar-refractivity contribution in [2.75, 3.05) is 5.32 Å². The lowest BCUT2D eigenvalue weighted by Gasteiger charge is -2.08. The van der Waals surface area contributed by atoms with Crippen molar-refractivity contribution in [1.29, 1.82) is 0 Å². The Bertz CT molecular complexity index is 1390. The van der Waals surface area contributed by atoms with Gasteiger partial charge in [0.05, 0.1) is 31.9 Å². The van der Waals surface area contributed by atoms with Crippen molar-refractivity contribution < 1.29 is 4.79 Å². The summed E-state index contributed by atoms with van der Waals surface area (Å²) in [5.74, 6) is -0.184. The van der Waals surface area contributed by atoms with Gasteiger partial charge in [-0.15, -0.1) is 11.3 Å². The van der Waals surface area contributed by atoms with Gasteiger partial charge in [0.1, 0.15) is 0 Å². The molecule has 0 aliphatic heterocycles. The van der Waals surface area contributed by atoms with Crippen LogP contribution in [-0.2, 0) is 0 Å². The fourth-order valence-corrected chi connectivity index (χ4v) is 5.42. The molecule has 3 aromatic heterocycles. The Morgan fingerprint density at radius 2 is 1.83 bits per heavy atom. The number of aromatic nitrogens is 2. The number of thiazole rings is 1. The van der Waals surface area contributed by atoms with Crippen molar-refractivity contribution in [1.82, 2.24) is 9.97 Å². The van der Waals surface area contributed by atoms with Gasteiger partial charge in [-0.1, -0.05) is 45.5 Å². The van der Waals surface area contributed by atoms with Crippen LogP contribution in [-0.4, -0.2) is 15.9 Å². The molecule has 0 radical (unpaired) electrons. The highest BCUT2D eigenvalue weighted by molar-refractivity contribution is 9.10. The summed E-state index contributed by atoms with van der Waals surface area (Å²) in [6, 6.07) is 19.6. The lowest BCUT2D eigenvalue weighted by atomic mass is 10.1. The van der Waals surface area contributed by atoms with E-state index in [1.807, 2.05) is 54.6 Å². The minimum absolute atomic E-state index is 0.184. The second-order valence-corrected chi connectivity index (χ2v) is 9.80. The highest BCUT2D eigenvalue weighted by atomic mass is 79.9.